The highest BCUT2D eigenvalue weighted by molar-refractivity contribution is 9.10. The summed E-state index contributed by atoms with van der Waals surface area (Å²) in [7, 11) is 0. The van der Waals surface area contributed by atoms with Gasteiger partial charge in [-0.1, -0.05) is 41.1 Å². The zero-order chi connectivity index (χ0) is 17.3. The van der Waals surface area contributed by atoms with Crippen molar-refractivity contribution in [2.24, 2.45) is 0 Å². The first kappa shape index (κ1) is 17.0. The van der Waals surface area contributed by atoms with Gasteiger partial charge in [-0.2, -0.15) is 0 Å². The van der Waals surface area contributed by atoms with Gasteiger partial charge in [0.25, 0.3) is 5.56 Å². The van der Waals surface area contributed by atoms with E-state index in [1.54, 1.807) is 10.6 Å². The van der Waals surface area contributed by atoms with Crippen LogP contribution in [0.5, 0.6) is 0 Å². The van der Waals surface area contributed by atoms with Crippen molar-refractivity contribution in [3.8, 4) is 0 Å². The Morgan fingerprint density at radius 1 is 1.33 bits per heavy atom. The van der Waals surface area contributed by atoms with Crippen LogP contribution in [0.15, 0.2) is 39.6 Å². The minimum absolute atomic E-state index is 0.0519. The van der Waals surface area contributed by atoms with E-state index in [2.05, 4.69) is 15.9 Å². The fourth-order valence-corrected chi connectivity index (χ4v) is 4.00. The highest BCUT2D eigenvalue weighted by Crippen LogP contribution is 2.32. The number of halogens is 1. The van der Waals surface area contributed by atoms with Gasteiger partial charge in [-0.05, 0) is 42.9 Å². The highest BCUT2D eigenvalue weighted by atomic mass is 79.9. The predicted molar refractivity (Wildman–Crippen MR) is 96.9 cm³/mol. The molecular weight excluding hydrogens is 370 g/mol. The largest absolute Gasteiger partial charge is 0.478 e. The molecule has 2 heterocycles. The summed E-state index contributed by atoms with van der Waals surface area (Å²) >= 11 is 3.50. The van der Waals surface area contributed by atoms with Crippen LogP contribution in [0.3, 0.4) is 0 Å². The smallest absolute Gasteiger partial charge is 0.337 e. The van der Waals surface area contributed by atoms with Crippen LogP contribution in [0.2, 0.25) is 0 Å². The maximum atomic E-state index is 12.9. The van der Waals surface area contributed by atoms with Crippen molar-refractivity contribution in [2.45, 2.75) is 45.1 Å². The lowest BCUT2D eigenvalue weighted by Gasteiger charge is -2.28. The first-order chi connectivity index (χ1) is 11.5. The van der Waals surface area contributed by atoms with Crippen LogP contribution >= 0.6 is 15.9 Å². The van der Waals surface area contributed by atoms with Crippen LogP contribution in [0.25, 0.3) is 0 Å². The Labute approximate surface area is 149 Å². The summed E-state index contributed by atoms with van der Waals surface area (Å²) in [4.78, 5) is 24.7. The first-order valence-electron chi connectivity index (χ1n) is 8.26. The summed E-state index contributed by atoms with van der Waals surface area (Å²) in [5.41, 5.74) is 2.46. The Balaban J connectivity index is 2.15. The molecule has 0 bridgehead atoms. The van der Waals surface area contributed by atoms with Gasteiger partial charge in [-0.3, -0.25) is 4.79 Å². The summed E-state index contributed by atoms with van der Waals surface area (Å²) in [6.45, 7) is 2.65. The molecule has 1 aromatic carbocycles. The maximum Gasteiger partial charge on any atom is 0.337 e. The molecule has 1 unspecified atom stereocenters. The number of nitrogens with zero attached hydrogens (tertiary/aromatic N) is 1. The second kappa shape index (κ2) is 6.93. The van der Waals surface area contributed by atoms with Crippen LogP contribution in [0.4, 0.5) is 0 Å². The van der Waals surface area contributed by atoms with Crippen molar-refractivity contribution in [2.75, 3.05) is 0 Å². The average Bonchev–Trinajstić information content (AvgIpc) is 2.58. The van der Waals surface area contributed by atoms with E-state index in [0.29, 0.717) is 24.2 Å². The van der Waals surface area contributed by atoms with E-state index in [0.717, 1.165) is 29.3 Å². The summed E-state index contributed by atoms with van der Waals surface area (Å²) in [5, 5.41) is 9.67. The van der Waals surface area contributed by atoms with Crippen molar-refractivity contribution in [3.63, 3.8) is 0 Å². The predicted octanol–water partition coefficient (Wildman–Crippen LogP) is 4.19. The van der Waals surface area contributed by atoms with E-state index in [-0.39, 0.29) is 17.0 Å². The molecule has 1 aliphatic heterocycles. The quantitative estimate of drug-likeness (QED) is 0.852. The van der Waals surface area contributed by atoms with E-state index < -0.39 is 5.97 Å². The Hall–Kier alpha value is -1.88. The van der Waals surface area contributed by atoms with Crippen molar-refractivity contribution in [1.29, 1.82) is 0 Å². The highest BCUT2D eigenvalue weighted by Gasteiger charge is 2.27. The molecule has 0 saturated heterocycles. The van der Waals surface area contributed by atoms with Crippen molar-refractivity contribution in [1.82, 2.24) is 4.57 Å². The Morgan fingerprint density at radius 2 is 2.08 bits per heavy atom. The Bertz CT molecular complexity index is 841. The summed E-state index contributed by atoms with van der Waals surface area (Å²) in [5.74, 6) is -0.803. The number of benzene rings is 1. The van der Waals surface area contributed by atoms with Crippen LogP contribution in [-0.2, 0) is 13.0 Å². The van der Waals surface area contributed by atoms with Gasteiger partial charge in [0.1, 0.15) is 0 Å². The molecular formula is C19H20BrNO3. The van der Waals surface area contributed by atoms with Crippen LogP contribution in [0, 0.1) is 0 Å². The lowest BCUT2D eigenvalue weighted by Crippen LogP contribution is -2.33. The Kier molecular flexibility index (Phi) is 4.90. The molecule has 1 N–H and O–H groups in total. The van der Waals surface area contributed by atoms with E-state index in [4.69, 9.17) is 0 Å². The van der Waals surface area contributed by atoms with Gasteiger partial charge in [0, 0.05) is 28.7 Å². The van der Waals surface area contributed by atoms with E-state index in [1.807, 2.05) is 31.2 Å². The molecule has 0 spiro atoms. The molecule has 0 saturated carbocycles. The van der Waals surface area contributed by atoms with E-state index >= 15 is 0 Å². The Morgan fingerprint density at radius 3 is 2.75 bits per heavy atom. The summed E-state index contributed by atoms with van der Waals surface area (Å²) in [6.07, 6.45) is 3.14. The molecule has 1 aliphatic rings. The second-order valence-corrected chi connectivity index (χ2v) is 7.10. The fraction of sp³-hybridized carbons (Fsp3) is 0.368. The molecule has 1 atom stereocenters. The molecule has 24 heavy (non-hydrogen) atoms. The maximum absolute atomic E-state index is 12.9. The molecule has 3 rings (SSSR count). The topological polar surface area (TPSA) is 59.3 Å². The number of aromatic nitrogens is 1. The van der Waals surface area contributed by atoms with E-state index in [1.165, 1.54) is 0 Å². The normalized spacial score (nSPS) is 16.7. The lowest BCUT2D eigenvalue weighted by atomic mass is 9.88. The van der Waals surface area contributed by atoms with Gasteiger partial charge in [-0.25, -0.2) is 4.79 Å². The van der Waals surface area contributed by atoms with Crippen molar-refractivity contribution >= 4 is 21.9 Å². The second-order valence-electron chi connectivity index (χ2n) is 6.25. The molecule has 0 amide bonds. The molecule has 5 heteroatoms. The minimum Gasteiger partial charge on any atom is -0.478 e. The fourth-order valence-electron chi connectivity index (χ4n) is 3.58. The SMILES string of the molecule is CCC1CCCn2c1c(C(=O)O)cc(Cc1ccccc1Br)c2=O. The average molecular weight is 390 g/mol. The zero-order valence-corrected chi connectivity index (χ0v) is 15.2. The number of carboxylic acids is 1. The summed E-state index contributed by atoms with van der Waals surface area (Å²) < 4.78 is 2.63. The van der Waals surface area contributed by atoms with Crippen molar-refractivity contribution in [3.05, 3.63) is 67.5 Å². The van der Waals surface area contributed by atoms with Gasteiger partial charge in [0.15, 0.2) is 0 Å². The number of carboxylic acid groups (broad SMARTS) is 1. The van der Waals surface area contributed by atoms with Gasteiger partial charge >= 0.3 is 5.97 Å². The number of rotatable bonds is 4. The number of fused-ring (bicyclic) bond motifs is 1. The van der Waals surface area contributed by atoms with Crippen LogP contribution < -0.4 is 5.56 Å². The number of carbonyl (C=O) groups is 1. The number of aromatic carboxylic acids is 1. The minimum atomic E-state index is -0.951. The molecule has 0 aliphatic carbocycles. The third-order valence-corrected chi connectivity index (χ3v) is 5.56. The van der Waals surface area contributed by atoms with E-state index in [9.17, 15) is 14.7 Å². The van der Waals surface area contributed by atoms with Crippen LogP contribution in [-0.4, -0.2) is 15.6 Å². The van der Waals surface area contributed by atoms with Crippen molar-refractivity contribution < 1.29 is 9.90 Å². The van der Waals surface area contributed by atoms with Crippen LogP contribution in [0.1, 0.15) is 59.3 Å². The van der Waals surface area contributed by atoms with Gasteiger partial charge in [-0.15, -0.1) is 0 Å². The standard InChI is InChI=1S/C19H20BrNO3/c1-2-12-7-5-9-21-17(12)15(19(23)24)11-14(18(21)22)10-13-6-3-4-8-16(13)20/h3-4,6,8,11-12H,2,5,7,9-10H2,1H3,(H,23,24). The summed E-state index contributed by atoms with van der Waals surface area (Å²) in [6, 6.07) is 9.30. The molecule has 1 aromatic heterocycles. The van der Waals surface area contributed by atoms with Gasteiger partial charge < -0.3 is 9.67 Å². The monoisotopic (exact) mass is 389 g/mol. The third kappa shape index (κ3) is 3.05. The molecule has 2 aromatic rings. The zero-order valence-electron chi connectivity index (χ0n) is 13.6. The number of hydrogen-bond acceptors (Lipinski definition) is 2. The number of pyridine rings is 1. The molecule has 0 radical (unpaired) electrons. The molecule has 4 nitrogen and oxygen atoms in total. The third-order valence-electron chi connectivity index (χ3n) is 4.79. The van der Waals surface area contributed by atoms with Gasteiger partial charge in [0.2, 0.25) is 0 Å². The van der Waals surface area contributed by atoms with Gasteiger partial charge in [0.05, 0.1) is 5.56 Å². The number of hydrogen-bond donors (Lipinski definition) is 1. The molecule has 126 valence electrons. The lowest BCUT2D eigenvalue weighted by molar-refractivity contribution is 0.0692. The molecule has 0 fully saturated rings. The first-order valence-corrected chi connectivity index (χ1v) is 9.05.